The number of hydrogen-bond donors (Lipinski definition) is 10. The van der Waals surface area contributed by atoms with E-state index in [1.165, 1.54) is 24.3 Å². The van der Waals surface area contributed by atoms with Gasteiger partial charge >= 0.3 is 16.4 Å². The number of carboxylic acids is 1. The highest BCUT2D eigenvalue weighted by Gasteiger charge is 2.31. The molecular weight excluding hydrogens is 917 g/mol. The molecule has 0 unspecified atom stereocenters. The summed E-state index contributed by atoms with van der Waals surface area (Å²) in [6.07, 6.45) is 3.44. The minimum atomic E-state index is -4.74. The summed E-state index contributed by atoms with van der Waals surface area (Å²) < 4.78 is 35.3. The predicted octanol–water partition coefficient (Wildman–Crippen LogP) is 1.30. The van der Waals surface area contributed by atoms with Crippen molar-refractivity contribution in [2.24, 2.45) is 5.73 Å². The smallest absolute Gasteiger partial charge is 0.446 e. The van der Waals surface area contributed by atoms with Crippen molar-refractivity contribution in [1.29, 1.82) is 0 Å². The Morgan fingerprint density at radius 3 is 1.91 bits per heavy atom. The molecule has 0 aliphatic heterocycles. The van der Waals surface area contributed by atoms with Crippen LogP contribution in [0.15, 0.2) is 85.1 Å². The number of aromatic amines is 1. The van der Waals surface area contributed by atoms with Crippen molar-refractivity contribution >= 4 is 68.5 Å². The summed E-state index contributed by atoms with van der Waals surface area (Å²) in [6.45, 7) is 2.61. The van der Waals surface area contributed by atoms with E-state index in [2.05, 4.69) is 41.1 Å². The van der Waals surface area contributed by atoms with E-state index in [9.17, 15) is 51.9 Å². The number of aliphatic carboxylic acids is 1. The minimum absolute atomic E-state index is 0.0354. The Kier molecular flexibility index (Phi) is 21.3. The number of amides is 6. The van der Waals surface area contributed by atoms with Crippen LogP contribution in [0.25, 0.3) is 10.9 Å². The Morgan fingerprint density at radius 1 is 0.667 bits per heavy atom. The van der Waals surface area contributed by atoms with E-state index in [-0.39, 0.29) is 37.9 Å². The van der Waals surface area contributed by atoms with Crippen LogP contribution in [0.4, 0.5) is 0 Å². The van der Waals surface area contributed by atoms with Crippen molar-refractivity contribution in [3.8, 4) is 5.75 Å². The molecule has 21 nitrogen and oxygen atoms in total. The Bertz CT molecular complexity index is 2520. The lowest BCUT2D eigenvalue weighted by molar-refractivity contribution is -0.140. The Balaban J connectivity index is 1.45. The van der Waals surface area contributed by atoms with Gasteiger partial charge in [0.2, 0.25) is 35.4 Å². The first-order valence-corrected chi connectivity index (χ1v) is 23.8. The van der Waals surface area contributed by atoms with Crippen molar-refractivity contribution in [2.45, 2.75) is 108 Å². The largest absolute Gasteiger partial charge is 0.481 e. The summed E-state index contributed by atoms with van der Waals surface area (Å²) in [4.78, 5) is 109. The minimum Gasteiger partial charge on any atom is -0.481 e. The number of unbranched alkanes of at least 4 members (excludes halogenated alkanes) is 2. The van der Waals surface area contributed by atoms with Gasteiger partial charge in [-0.25, -0.2) is 0 Å². The van der Waals surface area contributed by atoms with E-state index in [0.717, 1.165) is 10.9 Å². The van der Waals surface area contributed by atoms with Crippen LogP contribution in [0.3, 0.4) is 0 Å². The van der Waals surface area contributed by atoms with Gasteiger partial charge < -0.3 is 46.6 Å². The molecule has 0 aliphatic rings. The number of carboxylic acid groups (broad SMARTS) is 1. The molecule has 1 heterocycles. The molecule has 372 valence electrons. The van der Waals surface area contributed by atoms with Crippen LogP contribution < -0.4 is 41.8 Å². The molecule has 0 bridgehead atoms. The molecule has 11 N–H and O–H groups in total. The predicted molar refractivity (Wildman–Crippen MR) is 252 cm³/mol. The van der Waals surface area contributed by atoms with Gasteiger partial charge in [-0.05, 0) is 47.7 Å². The van der Waals surface area contributed by atoms with Crippen molar-refractivity contribution in [3.05, 3.63) is 102 Å². The molecule has 0 fully saturated rings. The lowest BCUT2D eigenvalue weighted by Crippen LogP contribution is -2.57. The number of rotatable bonds is 30. The van der Waals surface area contributed by atoms with E-state index < -0.39 is 107 Å². The van der Waals surface area contributed by atoms with Crippen molar-refractivity contribution in [1.82, 2.24) is 36.9 Å². The molecule has 0 radical (unpaired) electrons. The number of carbonyl (C=O) groups excluding carboxylic acids is 7. The molecule has 3 aromatic carbocycles. The van der Waals surface area contributed by atoms with Crippen LogP contribution in [-0.2, 0) is 68.0 Å². The van der Waals surface area contributed by atoms with Gasteiger partial charge in [0.25, 0.3) is 0 Å². The fraction of sp³-hybridized carbons (Fsp3) is 0.404. The molecule has 22 heteroatoms. The number of para-hydroxylation sites is 1. The summed E-state index contributed by atoms with van der Waals surface area (Å²) in [5.41, 5.74) is 8.11. The second-order valence-electron chi connectivity index (χ2n) is 16.3. The third-order valence-corrected chi connectivity index (χ3v) is 11.3. The Hall–Kier alpha value is -7.17. The molecule has 4 rings (SSSR count). The lowest BCUT2D eigenvalue weighted by Gasteiger charge is -2.25. The molecule has 0 saturated heterocycles. The number of nitrogens with two attached hydrogens (primary N) is 1. The number of fused-ring (bicyclic) bond motifs is 1. The fourth-order valence-corrected chi connectivity index (χ4v) is 7.63. The van der Waals surface area contributed by atoms with E-state index >= 15 is 0 Å². The molecule has 0 saturated carbocycles. The van der Waals surface area contributed by atoms with Gasteiger partial charge in [-0.15, -0.1) is 0 Å². The second-order valence-corrected chi connectivity index (χ2v) is 17.4. The number of hydrogen-bond acceptors (Lipinski definition) is 12. The maximum absolute atomic E-state index is 14.2. The van der Waals surface area contributed by atoms with Crippen molar-refractivity contribution in [3.63, 3.8) is 0 Å². The highest BCUT2D eigenvalue weighted by atomic mass is 32.3. The van der Waals surface area contributed by atoms with Crippen LogP contribution in [0.2, 0.25) is 0 Å². The zero-order valence-electron chi connectivity index (χ0n) is 38.3. The van der Waals surface area contributed by atoms with Crippen LogP contribution in [0, 0.1) is 0 Å². The standard InChI is InChI=1S/C47H60N8O13S/c1-3-5-15-35(40(56)27-50-38(25-43(59)60)46(63)55-37(44(48)61)22-29-12-8-7-9-13-29)54-47(64)39(24-31-26-49-34-17-11-10-14-33(31)34)53-42(58)28-51-45(62)36(16-6-4-2)52-41(57)23-30-18-20-32(21-19-30)68-69(65,66)67/h7-14,17-21,26,35-39,49-50H,3-6,15-16,22-25,27-28H2,1-2H3,(H2,48,61)(H,51,62)(H,52,57)(H,53,58)(H,54,64)(H,55,63)(H,59,60)(H,65,66,67)/t35-,36-,37-,38-,39-/m0/s1. The van der Waals surface area contributed by atoms with Gasteiger partial charge in [-0.1, -0.05) is 100 Å². The first-order valence-electron chi connectivity index (χ1n) is 22.4. The average molecular weight is 977 g/mol. The lowest BCUT2D eigenvalue weighted by atomic mass is 10.0. The van der Waals surface area contributed by atoms with Gasteiger partial charge in [-0.2, -0.15) is 8.42 Å². The van der Waals surface area contributed by atoms with Gasteiger partial charge in [0.1, 0.15) is 23.9 Å². The van der Waals surface area contributed by atoms with Gasteiger partial charge in [0.05, 0.1) is 38.0 Å². The van der Waals surface area contributed by atoms with Crippen molar-refractivity contribution in [2.75, 3.05) is 13.1 Å². The third-order valence-electron chi connectivity index (χ3n) is 10.9. The van der Waals surface area contributed by atoms with Crippen molar-refractivity contribution < 1.29 is 60.6 Å². The monoisotopic (exact) mass is 976 g/mol. The maximum Gasteiger partial charge on any atom is 0.446 e. The Morgan fingerprint density at radius 2 is 1.28 bits per heavy atom. The molecule has 0 aliphatic carbocycles. The number of aromatic nitrogens is 1. The molecule has 0 spiro atoms. The topological polar surface area (TPSA) is 334 Å². The molecular formula is C47H60N8O13S. The molecule has 6 amide bonds. The quantitative estimate of drug-likeness (QED) is 0.0330. The van der Waals surface area contributed by atoms with E-state index in [1.807, 2.05) is 32.0 Å². The average Bonchev–Trinajstić information content (AvgIpc) is 3.71. The number of Topliss-reactive ketones (excluding diaryl/α,β-unsaturated/α-hetero) is 1. The van der Waals surface area contributed by atoms with Crippen LogP contribution in [0.5, 0.6) is 5.75 Å². The fourth-order valence-electron chi connectivity index (χ4n) is 7.28. The second kappa shape index (κ2) is 27.0. The summed E-state index contributed by atoms with van der Waals surface area (Å²) in [5.74, 6) is -6.60. The first kappa shape index (κ1) is 54.4. The van der Waals surface area contributed by atoms with Crippen LogP contribution in [-0.4, -0.2) is 114 Å². The van der Waals surface area contributed by atoms with Gasteiger partial charge in [-0.3, -0.25) is 48.2 Å². The first-order chi connectivity index (χ1) is 32.8. The van der Waals surface area contributed by atoms with Crippen LogP contribution >= 0.6 is 0 Å². The normalized spacial score (nSPS) is 13.4. The summed E-state index contributed by atoms with van der Waals surface area (Å²) in [6, 6.07) is 15.1. The highest BCUT2D eigenvalue weighted by Crippen LogP contribution is 2.20. The molecule has 4 aromatic rings. The number of ketones is 1. The Labute approximate surface area is 399 Å². The van der Waals surface area contributed by atoms with E-state index in [4.69, 9.17) is 10.3 Å². The number of benzene rings is 3. The van der Waals surface area contributed by atoms with Gasteiger partial charge in [0.15, 0.2) is 5.78 Å². The zero-order chi connectivity index (χ0) is 50.5. The molecule has 1 aromatic heterocycles. The summed E-state index contributed by atoms with van der Waals surface area (Å²) >= 11 is 0. The SMILES string of the molecule is CCCC[C@H](NC(=O)[C@H](Cc1c[nH]c2ccccc12)NC(=O)CNC(=O)[C@H](CCCC)NC(=O)Cc1ccc(OS(=O)(=O)O)cc1)C(=O)CN[C@@H](CC(=O)O)C(=O)N[C@@H](Cc1ccccc1)C(N)=O. The highest BCUT2D eigenvalue weighted by molar-refractivity contribution is 7.81. The summed E-state index contributed by atoms with van der Waals surface area (Å²) in [7, 11) is -4.74. The van der Waals surface area contributed by atoms with Crippen LogP contribution in [0.1, 0.15) is 75.5 Å². The number of primary amides is 1. The van der Waals surface area contributed by atoms with E-state index in [0.29, 0.717) is 42.4 Å². The number of nitrogens with one attached hydrogen (secondary N) is 7. The summed E-state index contributed by atoms with van der Waals surface area (Å²) in [5, 5.41) is 26.1. The third kappa shape index (κ3) is 18.8. The number of H-pyrrole nitrogens is 1. The molecule has 5 atom stereocenters. The van der Waals surface area contributed by atoms with Gasteiger partial charge in [0, 0.05) is 29.9 Å². The molecule has 69 heavy (non-hydrogen) atoms. The number of carbonyl (C=O) groups is 8. The van der Waals surface area contributed by atoms with E-state index in [1.54, 1.807) is 42.6 Å². The maximum atomic E-state index is 14.2. The zero-order valence-corrected chi connectivity index (χ0v) is 39.1.